The lowest BCUT2D eigenvalue weighted by Crippen LogP contribution is -2.42. The Labute approximate surface area is 162 Å². The summed E-state index contributed by atoms with van der Waals surface area (Å²) in [6, 6.07) is 14.8. The molecule has 0 aliphatic carbocycles. The average molecular weight is 414 g/mol. The van der Waals surface area contributed by atoms with E-state index in [0.29, 0.717) is 0 Å². The number of nitrogens with one attached hydrogen (secondary N) is 1. The van der Waals surface area contributed by atoms with Gasteiger partial charge >= 0.3 is 0 Å². The Balaban J connectivity index is 1.71. The molecular weight excluding hydrogens is 390 g/mol. The summed E-state index contributed by atoms with van der Waals surface area (Å²) in [5.41, 5.74) is 3.91. The normalized spacial score (nSPS) is 15.5. The first kappa shape index (κ1) is 17.6. The van der Waals surface area contributed by atoms with Gasteiger partial charge < -0.3 is 14.6 Å². The third kappa shape index (κ3) is 3.65. The maximum atomic E-state index is 5.47. The van der Waals surface area contributed by atoms with Crippen molar-refractivity contribution in [2.24, 2.45) is 0 Å². The maximum Gasteiger partial charge on any atom is 0.119 e. The Morgan fingerprint density at radius 1 is 1.04 bits per heavy atom. The zero-order valence-corrected chi connectivity index (χ0v) is 16.6. The molecule has 0 amide bonds. The monoisotopic (exact) mass is 413 g/mol. The van der Waals surface area contributed by atoms with Gasteiger partial charge in [0.15, 0.2) is 0 Å². The van der Waals surface area contributed by atoms with Crippen molar-refractivity contribution in [3.63, 3.8) is 0 Å². The van der Waals surface area contributed by atoms with Gasteiger partial charge in [-0.15, -0.1) is 0 Å². The number of halogens is 1. The minimum Gasteiger partial charge on any atom is -0.497 e. The Bertz CT molecular complexity index is 899. The number of methoxy groups -OCH3 is 1. The van der Waals surface area contributed by atoms with E-state index in [1.807, 2.05) is 6.07 Å². The maximum absolute atomic E-state index is 5.47. The fraction of sp³-hybridized carbons (Fsp3) is 0.333. The van der Waals surface area contributed by atoms with Crippen molar-refractivity contribution in [1.29, 1.82) is 0 Å². The largest absolute Gasteiger partial charge is 0.497 e. The predicted molar refractivity (Wildman–Crippen MR) is 110 cm³/mol. The quantitative estimate of drug-likeness (QED) is 0.688. The molecule has 26 heavy (non-hydrogen) atoms. The zero-order chi connectivity index (χ0) is 17.9. The Morgan fingerprint density at radius 2 is 1.85 bits per heavy atom. The van der Waals surface area contributed by atoms with Crippen molar-refractivity contribution in [2.75, 3.05) is 33.3 Å². The minimum absolute atomic E-state index is 0.853. The molecule has 1 fully saturated rings. The molecular formula is C21H24BrN3O. The second kappa shape index (κ2) is 7.82. The molecule has 1 aliphatic rings. The standard InChI is InChI=1S/C21H24BrN3O/c1-26-18-6-7-21-19(12-18)17(13-24-10-8-23-9-11-24)15-25(21)14-16-4-2-3-5-20(16)22/h2-7,12,15,23H,8-11,13-14H2,1H3. The molecule has 0 saturated carbocycles. The van der Waals surface area contributed by atoms with Gasteiger partial charge in [-0.2, -0.15) is 0 Å². The van der Waals surface area contributed by atoms with Gasteiger partial charge in [0.1, 0.15) is 5.75 Å². The number of fused-ring (bicyclic) bond motifs is 1. The molecule has 1 aromatic heterocycles. The molecule has 1 N–H and O–H groups in total. The van der Waals surface area contributed by atoms with E-state index >= 15 is 0 Å². The highest BCUT2D eigenvalue weighted by Gasteiger charge is 2.15. The van der Waals surface area contributed by atoms with Crippen LogP contribution in [0.3, 0.4) is 0 Å². The van der Waals surface area contributed by atoms with Gasteiger partial charge in [0.25, 0.3) is 0 Å². The molecule has 4 rings (SSSR count). The molecule has 1 saturated heterocycles. The van der Waals surface area contributed by atoms with Gasteiger partial charge in [0, 0.05) is 60.8 Å². The van der Waals surface area contributed by atoms with Crippen LogP contribution in [-0.2, 0) is 13.1 Å². The van der Waals surface area contributed by atoms with Gasteiger partial charge in [-0.1, -0.05) is 34.1 Å². The number of nitrogens with zero attached hydrogens (tertiary/aromatic N) is 2. The summed E-state index contributed by atoms with van der Waals surface area (Å²) in [4.78, 5) is 2.52. The molecule has 2 heterocycles. The van der Waals surface area contributed by atoms with Crippen LogP contribution < -0.4 is 10.1 Å². The van der Waals surface area contributed by atoms with E-state index in [0.717, 1.165) is 49.5 Å². The van der Waals surface area contributed by atoms with E-state index in [1.54, 1.807) is 7.11 Å². The first-order chi connectivity index (χ1) is 12.7. The first-order valence-corrected chi connectivity index (χ1v) is 9.86. The van der Waals surface area contributed by atoms with Crippen LogP contribution in [0.25, 0.3) is 10.9 Å². The van der Waals surface area contributed by atoms with E-state index in [-0.39, 0.29) is 0 Å². The highest BCUT2D eigenvalue weighted by Crippen LogP contribution is 2.29. The third-order valence-electron chi connectivity index (χ3n) is 5.07. The predicted octanol–water partition coefficient (Wildman–Crippen LogP) is 3.87. The molecule has 0 radical (unpaired) electrons. The summed E-state index contributed by atoms with van der Waals surface area (Å²) in [6.07, 6.45) is 2.31. The lowest BCUT2D eigenvalue weighted by Gasteiger charge is -2.26. The molecule has 3 aromatic rings. The number of ether oxygens (including phenoxy) is 1. The van der Waals surface area contributed by atoms with E-state index in [4.69, 9.17) is 4.74 Å². The Kier molecular flexibility index (Phi) is 5.29. The molecule has 4 nitrogen and oxygen atoms in total. The van der Waals surface area contributed by atoms with E-state index in [1.165, 1.54) is 22.0 Å². The summed E-state index contributed by atoms with van der Waals surface area (Å²) in [6.45, 7) is 6.17. The van der Waals surface area contributed by atoms with E-state index in [2.05, 4.69) is 73.3 Å². The van der Waals surface area contributed by atoms with Crippen molar-refractivity contribution in [2.45, 2.75) is 13.1 Å². The van der Waals surface area contributed by atoms with Gasteiger partial charge in [-0.05, 0) is 35.4 Å². The smallest absolute Gasteiger partial charge is 0.119 e. The summed E-state index contributed by atoms with van der Waals surface area (Å²) >= 11 is 3.68. The van der Waals surface area contributed by atoms with Crippen LogP contribution in [0.4, 0.5) is 0 Å². The van der Waals surface area contributed by atoms with Crippen LogP contribution in [0, 0.1) is 0 Å². The molecule has 2 aromatic carbocycles. The van der Waals surface area contributed by atoms with Gasteiger partial charge in [-0.25, -0.2) is 0 Å². The second-order valence-electron chi connectivity index (χ2n) is 6.78. The molecule has 1 aliphatic heterocycles. The molecule has 136 valence electrons. The van der Waals surface area contributed by atoms with Crippen LogP contribution in [0.5, 0.6) is 5.75 Å². The molecule has 0 spiro atoms. The Hall–Kier alpha value is -1.82. The third-order valence-corrected chi connectivity index (χ3v) is 5.85. The fourth-order valence-electron chi connectivity index (χ4n) is 3.65. The van der Waals surface area contributed by atoms with Crippen molar-refractivity contribution >= 4 is 26.8 Å². The summed E-state index contributed by atoms with van der Waals surface area (Å²) < 4.78 is 8.98. The summed E-state index contributed by atoms with van der Waals surface area (Å²) in [5.74, 6) is 0.915. The highest BCUT2D eigenvalue weighted by molar-refractivity contribution is 9.10. The highest BCUT2D eigenvalue weighted by atomic mass is 79.9. The van der Waals surface area contributed by atoms with E-state index in [9.17, 15) is 0 Å². The molecule has 5 heteroatoms. The van der Waals surface area contributed by atoms with Crippen LogP contribution in [0.1, 0.15) is 11.1 Å². The van der Waals surface area contributed by atoms with E-state index < -0.39 is 0 Å². The average Bonchev–Trinajstić information content (AvgIpc) is 3.01. The lowest BCUT2D eigenvalue weighted by molar-refractivity contribution is 0.234. The van der Waals surface area contributed by atoms with Crippen molar-refractivity contribution in [1.82, 2.24) is 14.8 Å². The van der Waals surface area contributed by atoms with Crippen molar-refractivity contribution in [3.8, 4) is 5.75 Å². The molecule has 0 bridgehead atoms. The fourth-order valence-corrected chi connectivity index (χ4v) is 4.06. The van der Waals surface area contributed by atoms with Gasteiger partial charge in [-0.3, -0.25) is 4.90 Å². The summed E-state index contributed by atoms with van der Waals surface area (Å²) in [5, 5.41) is 4.71. The lowest BCUT2D eigenvalue weighted by atomic mass is 10.1. The van der Waals surface area contributed by atoms with Gasteiger partial charge in [0.2, 0.25) is 0 Å². The Morgan fingerprint density at radius 3 is 2.62 bits per heavy atom. The number of benzene rings is 2. The topological polar surface area (TPSA) is 29.4 Å². The summed E-state index contributed by atoms with van der Waals surface area (Å²) in [7, 11) is 1.73. The molecule has 0 atom stereocenters. The first-order valence-electron chi connectivity index (χ1n) is 9.07. The number of hydrogen-bond acceptors (Lipinski definition) is 3. The van der Waals surface area contributed by atoms with Crippen molar-refractivity contribution in [3.05, 3.63) is 64.3 Å². The number of hydrogen-bond donors (Lipinski definition) is 1. The van der Waals surface area contributed by atoms with Crippen LogP contribution in [0.2, 0.25) is 0 Å². The van der Waals surface area contributed by atoms with Crippen LogP contribution in [-0.4, -0.2) is 42.8 Å². The van der Waals surface area contributed by atoms with Gasteiger partial charge in [0.05, 0.1) is 7.11 Å². The SMILES string of the molecule is COc1ccc2c(c1)c(CN1CCNCC1)cn2Cc1ccccc1Br. The zero-order valence-electron chi connectivity index (χ0n) is 15.0. The van der Waals surface area contributed by atoms with Crippen LogP contribution in [0.15, 0.2) is 53.1 Å². The number of aromatic nitrogens is 1. The van der Waals surface area contributed by atoms with Crippen LogP contribution >= 0.6 is 15.9 Å². The van der Waals surface area contributed by atoms with Crippen molar-refractivity contribution < 1.29 is 4.74 Å². The number of rotatable bonds is 5. The minimum atomic E-state index is 0.853. The number of piperazine rings is 1. The molecule has 0 unspecified atom stereocenters. The second-order valence-corrected chi connectivity index (χ2v) is 7.64.